The van der Waals surface area contributed by atoms with E-state index in [2.05, 4.69) is 5.32 Å². The molecule has 1 aromatic carbocycles. The predicted molar refractivity (Wildman–Crippen MR) is 71.6 cm³/mol. The fourth-order valence-electron chi connectivity index (χ4n) is 1.63. The van der Waals surface area contributed by atoms with Crippen LogP contribution in [-0.4, -0.2) is 16.3 Å². The van der Waals surface area contributed by atoms with E-state index in [1.54, 1.807) is 19.1 Å². The van der Waals surface area contributed by atoms with Crippen molar-refractivity contribution in [3.05, 3.63) is 45.5 Å². The van der Waals surface area contributed by atoms with Crippen LogP contribution in [0.5, 0.6) is 0 Å². The van der Waals surface area contributed by atoms with E-state index >= 15 is 0 Å². The maximum atomic E-state index is 11.0. The number of nitrogens with zero attached hydrogens (tertiary/aromatic N) is 1. The molecule has 0 radical (unpaired) electrons. The van der Waals surface area contributed by atoms with Crippen LogP contribution >= 0.6 is 0 Å². The molecule has 1 aromatic rings. The summed E-state index contributed by atoms with van der Waals surface area (Å²) in [5.41, 5.74) is 2.10. The summed E-state index contributed by atoms with van der Waals surface area (Å²) in [5.74, 6) is 0. The van der Waals surface area contributed by atoms with Gasteiger partial charge in [0.15, 0.2) is 0 Å². The van der Waals surface area contributed by atoms with Crippen molar-refractivity contribution in [3.8, 4) is 0 Å². The molecule has 1 rings (SSSR count). The maximum absolute atomic E-state index is 11.0. The highest BCUT2D eigenvalue weighted by Gasteiger charge is 2.18. The first-order valence-corrected chi connectivity index (χ1v) is 5.77. The number of nitro groups is 1. The molecule has 1 atom stereocenters. The number of rotatable bonds is 5. The van der Waals surface area contributed by atoms with Gasteiger partial charge in [0.05, 0.1) is 4.92 Å². The minimum absolute atomic E-state index is 0.0161. The van der Waals surface area contributed by atoms with Crippen molar-refractivity contribution in [1.82, 2.24) is 0 Å². The lowest BCUT2D eigenvalue weighted by atomic mass is 10.1. The Bertz CT molecular complexity index is 470. The van der Waals surface area contributed by atoms with E-state index in [0.717, 1.165) is 11.1 Å². The number of aryl methyl sites for hydroxylation is 1. The highest BCUT2D eigenvalue weighted by atomic mass is 16.6. The zero-order valence-electron chi connectivity index (χ0n) is 10.8. The third kappa shape index (κ3) is 3.30. The van der Waals surface area contributed by atoms with E-state index in [1.807, 2.05) is 19.9 Å². The third-order valence-corrected chi connectivity index (χ3v) is 2.82. The van der Waals surface area contributed by atoms with Gasteiger partial charge >= 0.3 is 0 Å². The van der Waals surface area contributed by atoms with Gasteiger partial charge in [-0.2, -0.15) is 0 Å². The highest BCUT2D eigenvalue weighted by molar-refractivity contribution is 5.68. The van der Waals surface area contributed by atoms with Crippen LogP contribution in [0.2, 0.25) is 0 Å². The summed E-state index contributed by atoms with van der Waals surface area (Å²) in [4.78, 5) is 10.5. The molecule has 0 heterocycles. The van der Waals surface area contributed by atoms with Crippen LogP contribution in [0, 0.1) is 24.0 Å². The van der Waals surface area contributed by atoms with Crippen LogP contribution in [0.1, 0.15) is 24.5 Å². The van der Waals surface area contributed by atoms with E-state index in [-0.39, 0.29) is 5.69 Å². The van der Waals surface area contributed by atoms with Gasteiger partial charge in [-0.25, -0.2) is 0 Å². The molecule has 0 aliphatic heterocycles. The SMILES string of the molecule is C/C=C/CC(O)Nc1c([N+](=O)[O-])ccc(C)c1C. The van der Waals surface area contributed by atoms with Crippen molar-refractivity contribution in [2.45, 2.75) is 33.4 Å². The largest absolute Gasteiger partial charge is 0.373 e. The van der Waals surface area contributed by atoms with Crippen LogP contribution < -0.4 is 5.32 Å². The highest BCUT2D eigenvalue weighted by Crippen LogP contribution is 2.30. The van der Waals surface area contributed by atoms with Gasteiger partial charge in [-0.3, -0.25) is 10.1 Å². The average Bonchev–Trinajstić information content (AvgIpc) is 2.32. The first kappa shape index (κ1) is 14.2. The van der Waals surface area contributed by atoms with E-state index in [1.165, 1.54) is 6.07 Å². The quantitative estimate of drug-likeness (QED) is 0.364. The molecule has 5 nitrogen and oxygen atoms in total. The van der Waals surface area contributed by atoms with Gasteiger partial charge < -0.3 is 10.4 Å². The Labute approximate surface area is 106 Å². The number of hydrogen-bond acceptors (Lipinski definition) is 4. The first-order chi connectivity index (χ1) is 8.47. The van der Waals surface area contributed by atoms with Gasteiger partial charge in [-0.1, -0.05) is 18.2 Å². The van der Waals surface area contributed by atoms with E-state index < -0.39 is 11.2 Å². The smallest absolute Gasteiger partial charge is 0.292 e. The summed E-state index contributed by atoms with van der Waals surface area (Å²) in [6.45, 7) is 5.53. The lowest BCUT2D eigenvalue weighted by molar-refractivity contribution is -0.384. The Kier molecular flexibility index (Phi) is 4.85. The molecule has 0 aliphatic rings. The number of aliphatic hydroxyl groups is 1. The summed E-state index contributed by atoms with van der Waals surface area (Å²) in [7, 11) is 0. The zero-order chi connectivity index (χ0) is 13.7. The standard InChI is InChI=1S/C13H18N2O3/c1-4-5-6-12(16)14-13-10(3)9(2)7-8-11(13)15(17)18/h4-5,7-8,12,14,16H,6H2,1-3H3/b5-4+. The Morgan fingerprint density at radius 3 is 2.72 bits per heavy atom. The summed E-state index contributed by atoms with van der Waals surface area (Å²) in [6.07, 6.45) is 3.19. The summed E-state index contributed by atoms with van der Waals surface area (Å²) in [5, 5.41) is 23.5. The molecule has 2 N–H and O–H groups in total. The number of allylic oxidation sites excluding steroid dienone is 1. The van der Waals surface area contributed by atoms with Gasteiger partial charge in [-0.15, -0.1) is 0 Å². The van der Waals surface area contributed by atoms with E-state index in [9.17, 15) is 15.2 Å². The number of anilines is 1. The van der Waals surface area contributed by atoms with Crippen molar-refractivity contribution in [3.63, 3.8) is 0 Å². The number of nitro benzene ring substituents is 1. The van der Waals surface area contributed by atoms with E-state index in [4.69, 9.17) is 0 Å². The molecule has 0 amide bonds. The summed E-state index contributed by atoms with van der Waals surface area (Å²) in [6, 6.07) is 3.16. The number of hydrogen-bond donors (Lipinski definition) is 2. The molecule has 5 heteroatoms. The zero-order valence-corrected chi connectivity index (χ0v) is 10.8. The molecular formula is C13H18N2O3. The summed E-state index contributed by atoms with van der Waals surface area (Å²) >= 11 is 0. The van der Waals surface area contributed by atoms with Crippen molar-refractivity contribution in [1.29, 1.82) is 0 Å². The first-order valence-electron chi connectivity index (χ1n) is 5.77. The second-order valence-corrected chi connectivity index (χ2v) is 4.12. The lowest BCUT2D eigenvalue weighted by Gasteiger charge is -2.15. The van der Waals surface area contributed by atoms with Gasteiger partial charge in [0, 0.05) is 12.5 Å². The van der Waals surface area contributed by atoms with Gasteiger partial charge in [0.2, 0.25) is 0 Å². The Balaban J connectivity index is 3.05. The van der Waals surface area contributed by atoms with Crippen LogP contribution in [0.25, 0.3) is 0 Å². The lowest BCUT2D eigenvalue weighted by Crippen LogP contribution is -2.19. The van der Waals surface area contributed by atoms with Gasteiger partial charge in [0.1, 0.15) is 11.9 Å². The van der Waals surface area contributed by atoms with Crippen molar-refractivity contribution < 1.29 is 10.0 Å². The number of nitrogens with one attached hydrogen (secondary N) is 1. The molecule has 0 aliphatic carbocycles. The molecule has 1 unspecified atom stereocenters. The molecule has 0 fully saturated rings. The average molecular weight is 250 g/mol. The monoisotopic (exact) mass is 250 g/mol. The minimum atomic E-state index is -0.833. The van der Waals surface area contributed by atoms with Crippen molar-refractivity contribution >= 4 is 11.4 Å². The fourth-order valence-corrected chi connectivity index (χ4v) is 1.63. The molecule has 0 saturated heterocycles. The van der Waals surface area contributed by atoms with Crippen LogP contribution in [0.4, 0.5) is 11.4 Å². The van der Waals surface area contributed by atoms with Crippen molar-refractivity contribution in [2.75, 3.05) is 5.32 Å². The molecule has 18 heavy (non-hydrogen) atoms. The molecule has 0 aromatic heterocycles. The second-order valence-electron chi connectivity index (χ2n) is 4.12. The van der Waals surface area contributed by atoms with E-state index in [0.29, 0.717) is 12.1 Å². The van der Waals surface area contributed by atoms with Crippen molar-refractivity contribution in [2.24, 2.45) is 0 Å². The molecule has 0 saturated carbocycles. The van der Waals surface area contributed by atoms with Crippen LogP contribution in [0.3, 0.4) is 0 Å². The molecule has 98 valence electrons. The topological polar surface area (TPSA) is 75.4 Å². The summed E-state index contributed by atoms with van der Waals surface area (Å²) < 4.78 is 0. The van der Waals surface area contributed by atoms with Gasteiger partial charge in [-0.05, 0) is 31.9 Å². The second kappa shape index (κ2) is 6.16. The molecule has 0 spiro atoms. The molecule has 0 bridgehead atoms. The number of benzene rings is 1. The Hall–Kier alpha value is -1.88. The Morgan fingerprint density at radius 2 is 2.17 bits per heavy atom. The minimum Gasteiger partial charge on any atom is -0.373 e. The third-order valence-electron chi connectivity index (χ3n) is 2.82. The normalized spacial score (nSPS) is 12.7. The molecular weight excluding hydrogens is 232 g/mol. The Morgan fingerprint density at radius 1 is 1.50 bits per heavy atom. The maximum Gasteiger partial charge on any atom is 0.292 e. The van der Waals surface area contributed by atoms with Gasteiger partial charge in [0.25, 0.3) is 5.69 Å². The number of aliphatic hydroxyl groups excluding tert-OH is 1. The van der Waals surface area contributed by atoms with Crippen LogP contribution in [0.15, 0.2) is 24.3 Å². The fraction of sp³-hybridized carbons (Fsp3) is 0.385. The van der Waals surface area contributed by atoms with Crippen LogP contribution in [-0.2, 0) is 0 Å². The predicted octanol–water partition coefficient (Wildman–Crippen LogP) is 2.91.